The Kier molecular flexibility index (Phi) is 3.86. The zero-order valence-corrected chi connectivity index (χ0v) is 7.27. The van der Waals surface area contributed by atoms with Crippen LogP contribution in [0, 0.1) is 5.41 Å². The van der Waals surface area contributed by atoms with E-state index in [2.05, 4.69) is 26.2 Å². The summed E-state index contributed by atoms with van der Waals surface area (Å²) in [6, 6.07) is 0. The first-order valence-electron chi connectivity index (χ1n) is 3.48. The smallest absolute Gasteiger partial charge is 0.0757 e. The van der Waals surface area contributed by atoms with Crippen molar-refractivity contribution in [3.8, 4) is 0 Å². The van der Waals surface area contributed by atoms with E-state index in [0.717, 1.165) is 0 Å². The zero-order chi connectivity index (χ0) is 8.20. The SMILES string of the molecule is COC(CNN)C(C)(C)C. The topological polar surface area (TPSA) is 47.3 Å². The number of ether oxygens (including phenoxy) is 1. The van der Waals surface area contributed by atoms with Crippen LogP contribution in [0.2, 0.25) is 0 Å². The molecule has 0 aliphatic heterocycles. The van der Waals surface area contributed by atoms with E-state index < -0.39 is 0 Å². The van der Waals surface area contributed by atoms with Gasteiger partial charge >= 0.3 is 0 Å². The molecule has 3 heteroatoms. The van der Waals surface area contributed by atoms with Gasteiger partial charge in [0.2, 0.25) is 0 Å². The molecule has 0 fully saturated rings. The van der Waals surface area contributed by atoms with Crippen LogP contribution in [0.4, 0.5) is 0 Å². The molecule has 62 valence electrons. The van der Waals surface area contributed by atoms with Crippen molar-refractivity contribution in [2.24, 2.45) is 11.3 Å². The van der Waals surface area contributed by atoms with Gasteiger partial charge in [0.15, 0.2) is 0 Å². The number of nitrogens with one attached hydrogen (secondary N) is 1. The fraction of sp³-hybridized carbons (Fsp3) is 1.00. The Morgan fingerprint density at radius 2 is 2.00 bits per heavy atom. The zero-order valence-electron chi connectivity index (χ0n) is 7.27. The molecule has 1 atom stereocenters. The lowest BCUT2D eigenvalue weighted by Gasteiger charge is -2.28. The molecule has 0 aromatic heterocycles. The molecule has 10 heavy (non-hydrogen) atoms. The molecule has 0 amide bonds. The van der Waals surface area contributed by atoms with Crippen LogP contribution in [-0.2, 0) is 4.74 Å². The van der Waals surface area contributed by atoms with E-state index in [0.29, 0.717) is 6.54 Å². The van der Waals surface area contributed by atoms with Crippen LogP contribution in [-0.4, -0.2) is 19.8 Å². The van der Waals surface area contributed by atoms with Gasteiger partial charge in [-0.3, -0.25) is 11.3 Å². The van der Waals surface area contributed by atoms with E-state index in [-0.39, 0.29) is 11.5 Å². The molecule has 3 nitrogen and oxygen atoms in total. The fourth-order valence-electron chi connectivity index (χ4n) is 0.850. The summed E-state index contributed by atoms with van der Waals surface area (Å²) in [6.45, 7) is 7.06. The maximum absolute atomic E-state index is 5.21. The van der Waals surface area contributed by atoms with Crippen molar-refractivity contribution in [1.29, 1.82) is 0 Å². The summed E-state index contributed by atoms with van der Waals surface area (Å²) in [4.78, 5) is 0. The lowest BCUT2D eigenvalue weighted by molar-refractivity contribution is 0.0177. The second-order valence-corrected chi connectivity index (χ2v) is 3.50. The Balaban J connectivity index is 3.81. The van der Waals surface area contributed by atoms with Crippen LogP contribution in [0.25, 0.3) is 0 Å². The summed E-state index contributed by atoms with van der Waals surface area (Å²) in [5.41, 5.74) is 2.75. The van der Waals surface area contributed by atoms with Gasteiger partial charge in [-0.15, -0.1) is 0 Å². The van der Waals surface area contributed by atoms with Crippen LogP contribution in [0.15, 0.2) is 0 Å². The molecule has 0 aromatic rings. The van der Waals surface area contributed by atoms with Gasteiger partial charge in [-0.05, 0) is 5.41 Å². The normalized spacial score (nSPS) is 15.3. The maximum Gasteiger partial charge on any atom is 0.0757 e. The van der Waals surface area contributed by atoms with Crippen molar-refractivity contribution >= 4 is 0 Å². The third kappa shape index (κ3) is 3.15. The number of hydrogen-bond acceptors (Lipinski definition) is 3. The van der Waals surface area contributed by atoms with Crippen LogP contribution >= 0.6 is 0 Å². The number of rotatable bonds is 3. The van der Waals surface area contributed by atoms with Crippen LogP contribution in [0.5, 0.6) is 0 Å². The third-order valence-corrected chi connectivity index (χ3v) is 1.55. The minimum atomic E-state index is 0.154. The minimum Gasteiger partial charge on any atom is -0.380 e. The van der Waals surface area contributed by atoms with Crippen LogP contribution < -0.4 is 11.3 Å². The van der Waals surface area contributed by atoms with Gasteiger partial charge in [-0.25, -0.2) is 0 Å². The fourth-order valence-corrected chi connectivity index (χ4v) is 0.850. The van der Waals surface area contributed by atoms with E-state index in [4.69, 9.17) is 10.6 Å². The summed E-state index contributed by atoms with van der Waals surface area (Å²) in [6.07, 6.45) is 0.178. The monoisotopic (exact) mass is 146 g/mol. The molecule has 3 N–H and O–H groups in total. The number of nitrogens with two attached hydrogens (primary N) is 1. The highest BCUT2D eigenvalue weighted by atomic mass is 16.5. The van der Waals surface area contributed by atoms with E-state index in [1.165, 1.54) is 0 Å². The molecular formula is C7H18N2O. The highest BCUT2D eigenvalue weighted by molar-refractivity contribution is 4.74. The van der Waals surface area contributed by atoms with E-state index in [9.17, 15) is 0 Å². The molecule has 0 heterocycles. The first kappa shape index (κ1) is 9.88. The predicted molar refractivity (Wildman–Crippen MR) is 42.4 cm³/mol. The molecule has 0 saturated carbocycles. The van der Waals surface area contributed by atoms with Gasteiger partial charge in [0.05, 0.1) is 6.10 Å². The van der Waals surface area contributed by atoms with Gasteiger partial charge in [0, 0.05) is 13.7 Å². The largest absolute Gasteiger partial charge is 0.380 e. The molecule has 0 aromatic carbocycles. The lowest BCUT2D eigenvalue weighted by atomic mass is 9.89. The predicted octanol–water partition coefficient (Wildman–Crippen LogP) is 0.511. The number of hydrazine groups is 1. The molecule has 0 aliphatic carbocycles. The minimum absolute atomic E-state index is 0.154. The Morgan fingerprint density at radius 1 is 1.50 bits per heavy atom. The van der Waals surface area contributed by atoms with Gasteiger partial charge in [0.1, 0.15) is 0 Å². The standard InChI is InChI=1S/C7H18N2O/c1-7(2,3)6(10-4)5-9-8/h6,9H,5,8H2,1-4H3. The average molecular weight is 146 g/mol. The van der Waals surface area contributed by atoms with Crippen molar-refractivity contribution in [3.05, 3.63) is 0 Å². The lowest BCUT2D eigenvalue weighted by Crippen LogP contribution is -2.40. The molecule has 1 unspecified atom stereocenters. The van der Waals surface area contributed by atoms with Crippen molar-refractivity contribution < 1.29 is 4.74 Å². The highest BCUT2D eigenvalue weighted by Crippen LogP contribution is 2.20. The molecule has 0 radical (unpaired) electrons. The van der Waals surface area contributed by atoms with Gasteiger partial charge in [-0.1, -0.05) is 20.8 Å². The average Bonchev–Trinajstić information content (AvgIpc) is 1.80. The van der Waals surface area contributed by atoms with Crippen molar-refractivity contribution in [2.75, 3.05) is 13.7 Å². The first-order valence-corrected chi connectivity index (χ1v) is 3.48. The van der Waals surface area contributed by atoms with Crippen molar-refractivity contribution in [1.82, 2.24) is 5.43 Å². The van der Waals surface area contributed by atoms with E-state index in [1.807, 2.05) is 0 Å². The second kappa shape index (κ2) is 3.91. The maximum atomic E-state index is 5.21. The summed E-state index contributed by atoms with van der Waals surface area (Å²) in [7, 11) is 1.70. The Morgan fingerprint density at radius 3 is 2.10 bits per heavy atom. The van der Waals surface area contributed by atoms with Gasteiger partial charge < -0.3 is 4.74 Å². The quantitative estimate of drug-likeness (QED) is 0.450. The molecule has 0 saturated heterocycles. The Bertz CT molecular complexity index is 88.1. The molecular weight excluding hydrogens is 128 g/mol. The van der Waals surface area contributed by atoms with Crippen molar-refractivity contribution in [3.63, 3.8) is 0 Å². The second-order valence-electron chi connectivity index (χ2n) is 3.50. The summed E-state index contributed by atoms with van der Waals surface area (Å²) < 4.78 is 5.21. The van der Waals surface area contributed by atoms with E-state index >= 15 is 0 Å². The molecule has 0 rings (SSSR count). The summed E-state index contributed by atoms with van der Waals surface area (Å²) in [5, 5.41) is 0. The first-order chi connectivity index (χ1) is 4.52. The molecule has 0 aliphatic rings. The van der Waals surface area contributed by atoms with Crippen LogP contribution in [0.3, 0.4) is 0 Å². The summed E-state index contributed by atoms with van der Waals surface area (Å²) in [5.74, 6) is 5.17. The Hall–Kier alpha value is -0.120. The number of methoxy groups -OCH3 is 1. The Labute approximate surface area is 62.9 Å². The van der Waals surface area contributed by atoms with Gasteiger partial charge in [0.25, 0.3) is 0 Å². The molecule has 0 bridgehead atoms. The molecule has 0 spiro atoms. The highest BCUT2D eigenvalue weighted by Gasteiger charge is 2.23. The van der Waals surface area contributed by atoms with Crippen LogP contribution in [0.1, 0.15) is 20.8 Å². The van der Waals surface area contributed by atoms with Crippen molar-refractivity contribution in [2.45, 2.75) is 26.9 Å². The summed E-state index contributed by atoms with van der Waals surface area (Å²) >= 11 is 0. The van der Waals surface area contributed by atoms with E-state index in [1.54, 1.807) is 7.11 Å². The third-order valence-electron chi connectivity index (χ3n) is 1.55. The number of hydrogen-bond donors (Lipinski definition) is 2. The van der Waals surface area contributed by atoms with Gasteiger partial charge in [-0.2, -0.15) is 0 Å².